The van der Waals surface area contributed by atoms with E-state index in [0.29, 0.717) is 10.4 Å². The first-order valence-corrected chi connectivity index (χ1v) is 6.83. The topological polar surface area (TPSA) is 102 Å². The first-order chi connectivity index (χ1) is 10.5. The van der Waals surface area contributed by atoms with E-state index < -0.39 is 11.8 Å². The standard InChI is InChI=1S/C12H11BrFN5O3/c13-9-2-1-3-10(17-9)18-7-16-19(12(18)22)6-8(4-14)5-15-11(20)21/h1-4,7,15H,5-6H2,(H,20,21). The molecule has 0 atom stereocenters. The van der Waals surface area contributed by atoms with Crippen molar-refractivity contribution in [2.75, 3.05) is 6.54 Å². The van der Waals surface area contributed by atoms with Crippen LogP contribution in [0.1, 0.15) is 0 Å². The summed E-state index contributed by atoms with van der Waals surface area (Å²) in [6.45, 7) is -0.406. The number of amides is 1. The van der Waals surface area contributed by atoms with Crippen LogP contribution in [0.5, 0.6) is 0 Å². The fourth-order valence-corrected chi connectivity index (χ4v) is 1.98. The van der Waals surface area contributed by atoms with Gasteiger partial charge in [-0.3, -0.25) is 0 Å². The first kappa shape index (κ1) is 15.9. The maximum absolute atomic E-state index is 12.7. The SMILES string of the molecule is O=C(O)NCC(=CF)Cn1ncn(-c2cccc(Br)n2)c1=O. The van der Waals surface area contributed by atoms with E-state index >= 15 is 0 Å². The molecule has 0 radical (unpaired) electrons. The van der Waals surface area contributed by atoms with Crippen molar-refractivity contribution in [3.8, 4) is 5.82 Å². The molecule has 10 heteroatoms. The van der Waals surface area contributed by atoms with Crippen LogP contribution in [0.15, 0.2) is 45.8 Å². The molecule has 2 N–H and O–H groups in total. The van der Waals surface area contributed by atoms with Crippen LogP contribution in [0.4, 0.5) is 9.18 Å². The number of carboxylic acid groups (broad SMARTS) is 1. The van der Waals surface area contributed by atoms with Gasteiger partial charge in [-0.1, -0.05) is 6.07 Å². The van der Waals surface area contributed by atoms with Gasteiger partial charge in [0.15, 0.2) is 0 Å². The summed E-state index contributed by atoms with van der Waals surface area (Å²) in [6.07, 6.45) is 0.228. The molecule has 1 amide bonds. The summed E-state index contributed by atoms with van der Waals surface area (Å²) in [5, 5.41) is 14.4. The molecule has 22 heavy (non-hydrogen) atoms. The molecule has 0 aromatic carbocycles. The number of aromatic nitrogens is 4. The number of hydrogen-bond acceptors (Lipinski definition) is 4. The van der Waals surface area contributed by atoms with Crippen molar-refractivity contribution >= 4 is 22.0 Å². The van der Waals surface area contributed by atoms with Gasteiger partial charge in [-0.25, -0.2) is 28.2 Å². The Morgan fingerprint density at radius 1 is 1.50 bits per heavy atom. The van der Waals surface area contributed by atoms with E-state index in [1.165, 1.54) is 10.9 Å². The molecule has 0 spiro atoms. The Morgan fingerprint density at radius 3 is 2.91 bits per heavy atom. The van der Waals surface area contributed by atoms with Crippen LogP contribution in [0.2, 0.25) is 0 Å². The summed E-state index contributed by atoms with van der Waals surface area (Å²) < 4.78 is 15.5. The predicted molar refractivity (Wildman–Crippen MR) is 78.5 cm³/mol. The Morgan fingerprint density at radius 2 is 2.27 bits per heavy atom. The average molecular weight is 372 g/mol. The maximum Gasteiger partial charge on any atom is 0.404 e. The molecule has 0 aliphatic heterocycles. The van der Waals surface area contributed by atoms with Crippen molar-refractivity contribution in [2.24, 2.45) is 0 Å². The Bertz CT molecular complexity index is 770. The fraction of sp³-hybridized carbons (Fsp3) is 0.167. The van der Waals surface area contributed by atoms with Gasteiger partial charge in [0.25, 0.3) is 0 Å². The molecule has 0 aliphatic carbocycles. The quantitative estimate of drug-likeness (QED) is 0.771. The molecular weight excluding hydrogens is 361 g/mol. The molecule has 0 saturated heterocycles. The Hall–Kier alpha value is -2.49. The van der Waals surface area contributed by atoms with Crippen molar-refractivity contribution in [3.05, 3.63) is 51.5 Å². The van der Waals surface area contributed by atoms with E-state index in [-0.39, 0.29) is 25.0 Å². The zero-order chi connectivity index (χ0) is 16.1. The number of hydrogen-bond donors (Lipinski definition) is 2. The smallest absolute Gasteiger partial charge is 0.404 e. The molecular formula is C12H11BrFN5O3. The molecule has 116 valence electrons. The Kier molecular flexibility index (Phi) is 5.04. The molecule has 0 fully saturated rings. The highest BCUT2D eigenvalue weighted by Crippen LogP contribution is 2.08. The summed E-state index contributed by atoms with van der Waals surface area (Å²) in [5.41, 5.74) is -0.447. The summed E-state index contributed by atoms with van der Waals surface area (Å²) in [5.74, 6) is 0.361. The lowest BCUT2D eigenvalue weighted by atomic mass is 10.3. The lowest BCUT2D eigenvalue weighted by molar-refractivity contribution is 0.195. The Balaban J connectivity index is 2.21. The minimum Gasteiger partial charge on any atom is -0.465 e. The molecule has 8 nitrogen and oxygen atoms in total. The lowest BCUT2D eigenvalue weighted by Crippen LogP contribution is -2.29. The molecule has 2 rings (SSSR count). The summed E-state index contributed by atoms with van der Waals surface area (Å²) in [4.78, 5) is 26.7. The first-order valence-electron chi connectivity index (χ1n) is 6.03. The van der Waals surface area contributed by atoms with Crippen LogP contribution in [-0.4, -0.2) is 37.1 Å². The van der Waals surface area contributed by atoms with Gasteiger partial charge in [0.05, 0.1) is 12.9 Å². The van der Waals surface area contributed by atoms with Crippen LogP contribution in [0, 0.1) is 0 Å². The molecule has 2 aromatic rings. The van der Waals surface area contributed by atoms with Crippen molar-refractivity contribution in [2.45, 2.75) is 6.54 Å². The zero-order valence-electron chi connectivity index (χ0n) is 11.1. The second-order valence-corrected chi connectivity index (χ2v) is 5.00. The minimum atomic E-state index is -1.28. The second kappa shape index (κ2) is 6.98. The number of halogens is 2. The van der Waals surface area contributed by atoms with Crippen LogP contribution < -0.4 is 11.0 Å². The average Bonchev–Trinajstić information content (AvgIpc) is 2.84. The van der Waals surface area contributed by atoms with Gasteiger partial charge in [0.2, 0.25) is 0 Å². The third kappa shape index (κ3) is 3.79. The van der Waals surface area contributed by atoms with Crippen molar-refractivity contribution in [1.82, 2.24) is 24.6 Å². The van der Waals surface area contributed by atoms with Crippen LogP contribution in [-0.2, 0) is 6.54 Å². The molecule has 0 unspecified atom stereocenters. The molecule has 2 aromatic heterocycles. The number of nitrogens with zero attached hydrogens (tertiary/aromatic N) is 4. The van der Waals surface area contributed by atoms with Crippen molar-refractivity contribution in [3.63, 3.8) is 0 Å². The summed E-state index contributed by atoms with van der Waals surface area (Å²) >= 11 is 3.20. The monoisotopic (exact) mass is 371 g/mol. The second-order valence-electron chi connectivity index (χ2n) is 4.19. The van der Waals surface area contributed by atoms with Gasteiger partial charge >= 0.3 is 11.8 Å². The van der Waals surface area contributed by atoms with Crippen molar-refractivity contribution < 1.29 is 14.3 Å². The van der Waals surface area contributed by atoms with Gasteiger partial charge in [-0.15, -0.1) is 0 Å². The minimum absolute atomic E-state index is 0.0666. The van der Waals surface area contributed by atoms with Gasteiger partial charge < -0.3 is 10.4 Å². The number of carbonyl (C=O) groups is 1. The number of nitrogens with one attached hydrogen (secondary N) is 1. The highest BCUT2D eigenvalue weighted by molar-refractivity contribution is 9.10. The van der Waals surface area contributed by atoms with Crippen LogP contribution >= 0.6 is 15.9 Å². The summed E-state index contributed by atoms with van der Waals surface area (Å²) in [7, 11) is 0. The van der Waals surface area contributed by atoms with Gasteiger partial charge in [-0.05, 0) is 33.6 Å². The lowest BCUT2D eigenvalue weighted by Gasteiger charge is -2.05. The Labute approximate surface area is 132 Å². The zero-order valence-corrected chi connectivity index (χ0v) is 12.7. The number of pyridine rings is 1. The van der Waals surface area contributed by atoms with E-state index in [1.54, 1.807) is 18.2 Å². The van der Waals surface area contributed by atoms with Crippen molar-refractivity contribution in [1.29, 1.82) is 0 Å². The van der Waals surface area contributed by atoms with Gasteiger partial charge in [0.1, 0.15) is 16.7 Å². The van der Waals surface area contributed by atoms with Crippen LogP contribution in [0.3, 0.4) is 0 Å². The number of rotatable bonds is 5. The van der Waals surface area contributed by atoms with Gasteiger partial charge in [-0.2, -0.15) is 5.10 Å². The van der Waals surface area contributed by atoms with E-state index in [2.05, 4.69) is 26.0 Å². The fourth-order valence-electron chi connectivity index (χ4n) is 1.64. The third-order valence-electron chi connectivity index (χ3n) is 2.65. The van der Waals surface area contributed by atoms with Gasteiger partial charge in [0, 0.05) is 6.54 Å². The molecule has 0 aliphatic rings. The normalized spacial score (nSPS) is 11.5. The highest BCUT2D eigenvalue weighted by Gasteiger charge is 2.10. The predicted octanol–water partition coefficient (Wildman–Crippen LogP) is 1.31. The molecule has 2 heterocycles. The largest absolute Gasteiger partial charge is 0.465 e. The van der Waals surface area contributed by atoms with E-state index in [9.17, 15) is 14.0 Å². The summed E-state index contributed by atoms with van der Waals surface area (Å²) in [6, 6.07) is 5.04. The van der Waals surface area contributed by atoms with E-state index in [4.69, 9.17) is 5.11 Å². The highest BCUT2D eigenvalue weighted by atomic mass is 79.9. The third-order valence-corrected chi connectivity index (χ3v) is 3.10. The molecule has 0 bridgehead atoms. The van der Waals surface area contributed by atoms with Crippen LogP contribution in [0.25, 0.3) is 5.82 Å². The van der Waals surface area contributed by atoms with E-state index in [0.717, 1.165) is 4.68 Å². The molecule has 0 saturated carbocycles. The van der Waals surface area contributed by atoms with E-state index in [1.807, 2.05) is 5.32 Å². The maximum atomic E-state index is 12.7.